The average molecular weight is 1110 g/mol. The van der Waals surface area contributed by atoms with Gasteiger partial charge in [0.05, 0.1) is 0 Å². The van der Waals surface area contributed by atoms with Gasteiger partial charge in [-0.05, 0) is 0 Å². The van der Waals surface area contributed by atoms with E-state index in [-0.39, 0.29) is 42.8 Å². The first-order valence-electron chi connectivity index (χ1n) is 2.92. The third kappa shape index (κ3) is 4260. The Morgan fingerprint density at radius 3 is 0.304 bits per heavy atom. The van der Waals surface area contributed by atoms with Crippen molar-refractivity contribution in [1.82, 2.24) is 0 Å². The maximum atomic E-state index is 8.55. The summed E-state index contributed by atoms with van der Waals surface area (Å²) in [5, 5.41) is 0. The van der Waals surface area contributed by atoms with E-state index in [1.54, 1.807) is 0 Å². The van der Waals surface area contributed by atoms with Gasteiger partial charge in [-0.3, -0.25) is 0 Å². The fraction of sp³-hybridized carbons (Fsp3) is 0. The van der Waals surface area contributed by atoms with Gasteiger partial charge in [-0.2, -0.15) is 31.3 Å². The molecule has 149 valence electrons. The van der Waals surface area contributed by atoms with Crippen molar-refractivity contribution >= 4 is 31.3 Å². The Kier molecular flexibility index (Phi) is 35.4. The SMILES string of the molecule is O=P([O-])([O-])[O-].O=P([O-])([O-])[O-].O=P([O-])([O-])[O-].O=P([O-])([O-])[O-].[Am].[Am].[Am]. The Bertz CT molecular complexity index is 292. The molecule has 0 aliphatic carbocycles. The van der Waals surface area contributed by atoms with Crippen molar-refractivity contribution in [3.8, 4) is 0 Å². The summed E-state index contributed by atoms with van der Waals surface area (Å²) >= 11 is 0. The summed E-state index contributed by atoms with van der Waals surface area (Å²) in [5.74, 6) is 0. The van der Waals surface area contributed by atoms with E-state index in [1.165, 1.54) is 0 Å². The summed E-state index contributed by atoms with van der Waals surface area (Å²) in [7, 11) is -21.6. The second-order valence-electron chi connectivity index (χ2n) is 1.79. The Balaban J connectivity index is -0.0000000284. The third-order valence-electron chi connectivity index (χ3n) is 0. The van der Waals surface area contributed by atoms with Crippen LogP contribution < -0.4 is 58.7 Å². The van der Waals surface area contributed by atoms with Gasteiger partial charge in [-0.1, -0.05) is 0 Å². The molecule has 0 fully saturated rings. The first-order valence-corrected chi connectivity index (χ1v) is 8.76. The second-order valence-corrected chi connectivity index (χ2v) is 5.37. The average Bonchev–Trinajstić information content (AvgIpc) is 1.62. The van der Waals surface area contributed by atoms with Gasteiger partial charge in [-0.15, -0.1) is 0 Å². The van der Waals surface area contributed by atoms with Gasteiger partial charge in [0.1, 0.15) is 0 Å². The van der Waals surface area contributed by atoms with Gasteiger partial charge in [0, 0.05) is 42.8 Å². The molecular weight excluding hydrogens is 1110 g/mol. The van der Waals surface area contributed by atoms with Crippen LogP contribution in [0.1, 0.15) is 0 Å². The maximum Gasteiger partial charge on any atom is 0 e. The Labute approximate surface area is 151 Å². The second kappa shape index (κ2) is 18.4. The van der Waals surface area contributed by atoms with Crippen LogP contribution in [0.2, 0.25) is 0 Å². The molecule has 0 aromatic rings. The predicted octanol–water partition coefficient (Wildman–Crippen LogP) is -11.3. The molecule has 3 radical (unpaired) electrons. The van der Waals surface area contributed by atoms with E-state index in [2.05, 4.69) is 0 Å². The molecule has 0 atom stereocenters. The molecule has 16 nitrogen and oxygen atoms in total. The van der Waals surface area contributed by atoms with Gasteiger partial charge < -0.3 is 77.0 Å². The monoisotopic (exact) mass is 1100 g/mol. The third-order valence-corrected chi connectivity index (χ3v) is 0. The largest absolute Gasteiger partial charge is 0.822 e. The van der Waals surface area contributed by atoms with E-state index in [1.807, 2.05) is 0 Å². The number of hydrogen-bond acceptors (Lipinski definition) is 16. The van der Waals surface area contributed by atoms with E-state index < -0.39 is 31.3 Å². The zero-order valence-corrected chi connectivity index (χ0v) is 22.5. The Morgan fingerprint density at radius 2 is 0.304 bits per heavy atom. The molecule has 0 unspecified atom stereocenters. The number of phosphoric acid groups is 4. The minimum atomic E-state index is -5.39. The summed E-state index contributed by atoms with van der Waals surface area (Å²) in [6.07, 6.45) is 0. The van der Waals surface area contributed by atoms with E-state index >= 15 is 0 Å². The molecule has 0 heterocycles. The van der Waals surface area contributed by atoms with Crippen LogP contribution in [0.15, 0.2) is 0 Å². The molecule has 0 spiro atoms. The maximum absolute atomic E-state index is 8.55. The molecule has 0 rings (SSSR count). The van der Waals surface area contributed by atoms with Crippen molar-refractivity contribution in [2.45, 2.75) is 0 Å². The summed E-state index contributed by atoms with van der Waals surface area (Å²) in [5.41, 5.74) is 0. The first-order chi connectivity index (χ1) is 8.00. The van der Waals surface area contributed by atoms with Crippen LogP contribution in [0.4, 0.5) is 0 Å². The van der Waals surface area contributed by atoms with E-state index in [0.717, 1.165) is 0 Å². The molecule has 23 heteroatoms. The summed E-state index contributed by atoms with van der Waals surface area (Å²) < 4.78 is 34.2. The van der Waals surface area contributed by atoms with Crippen LogP contribution in [-0.2, 0) is 18.3 Å². The zero-order valence-electron chi connectivity index (χ0n) is 9.45. The van der Waals surface area contributed by atoms with Crippen LogP contribution in [0, 0.1) is 42.8 Å². The van der Waals surface area contributed by atoms with E-state index in [4.69, 9.17) is 77.0 Å². The molecule has 0 aliphatic rings. The van der Waals surface area contributed by atoms with E-state index in [0.29, 0.717) is 0 Å². The normalized spacial score (nSPS) is 10.3. The van der Waals surface area contributed by atoms with E-state index in [9.17, 15) is 0 Å². The minimum absolute atomic E-state index is 0. The van der Waals surface area contributed by atoms with Gasteiger partial charge >= 0.3 is 0 Å². The summed E-state index contributed by atoms with van der Waals surface area (Å²) in [6.45, 7) is 0. The van der Waals surface area contributed by atoms with Crippen molar-refractivity contribution in [3.05, 3.63) is 0 Å². The predicted molar refractivity (Wildman–Crippen MR) is 30.4 cm³/mol. The quantitative estimate of drug-likeness (QED) is 0.203. The smallest absolute Gasteiger partial charge is 0 e. The number of hydrogen-bond donors (Lipinski definition) is 0. The molecule has 0 aliphatic heterocycles. The Morgan fingerprint density at radius 1 is 0.304 bits per heavy atom. The van der Waals surface area contributed by atoms with Crippen LogP contribution in [0.3, 0.4) is 0 Å². The van der Waals surface area contributed by atoms with Crippen molar-refractivity contribution < 1.29 is 120 Å². The van der Waals surface area contributed by atoms with Crippen molar-refractivity contribution in [2.75, 3.05) is 0 Å². The standard InChI is InChI=1S/3Am.4H3O4P/c;;;4*1-5(2,3)4/h;;;4*(H3,1,2,3,4)/p-12. The Hall–Kier alpha value is 1.61. The molecule has 0 aromatic heterocycles. The fourth-order valence-electron chi connectivity index (χ4n) is 0. The fourth-order valence-corrected chi connectivity index (χ4v) is 0. The first kappa shape index (κ1) is 44.2. The van der Waals surface area contributed by atoms with Crippen LogP contribution in [0.5, 0.6) is 0 Å². The van der Waals surface area contributed by atoms with Crippen molar-refractivity contribution in [3.63, 3.8) is 0 Å². The number of rotatable bonds is 0. The molecule has 0 saturated heterocycles. The van der Waals surface area contributed by atoms with Gasteiger partial charge in [0.15, 0.2) is 0 Å². The molecule has 0 bridgehead atoms. The molecule has 0 aromatic carbocycles. The van der Waals surface area contributed by atoms with Gasteiger partial charge in [-0.25, -0.2) is 0 Å². The van der Waals surface area contributed by atoms with Crippen molar-refractivity contribution in [1.29, 1.82) is 0 Å². The summed E-state index contributed by atoms with van der Waals surface area (Å²) in [6, 6.07) is 0. The molecule has 0 amide bonds. The molecule has 0 saturated carbocycles. The van der Waals surface area contributed by atoms with Gasteiger partial charge in [0.25, 0.3) is 0 Å². The summed E-state index contributed by atoms with van der Waals surface area (Å²) in [4.78, 5) is 103. The van der Waals surface area contributed by atoms with Gasteiger partial charge in [0.2, 0.25) is 0 Å². The van der Waals surface area contributed by atoms with Crippen LogP contribution >= 0.6 is 31.3 Å². The zero-order chi connectivity index (χ0) is 18.0. The molecule has 23 heavy (non-hydrogen) atoms. The van der Waals surface area contributed by atoms with Crippen LogP contribution in [0.25, 0.3) is 0 Å². The topological polar surface area (TPSA) is 345 Å². The van der Waals surface area contributed by atoms with Crippen LogP contribution in [-0.4, -0.2) is 0 Å². The molecular formula is Am3O16P4-12. The van der Waals surface area contributed by atoms with Crippen molar-refractivity contribution in [2.24, 2.45) is 0 Å². The minimum Gasteiger partial charge on any atom is -0.822 e. The molecule has 0 N–H and O–H groups in total.